The van der Waals surface area contributed by atoms with Crippen LogP contribution in [0, 0.1) is 0 Å². The summed E-state index contributed by atoms with van der Waals surface area (Å²) in [5.41, 5.74) is 0.951. The summed E-state index contributed by atoms with van der Waals surface area (Å²) in [4.78, 5) is 7.05. The Bertz CT molecular complexity index is 559. The van der Waals surface area contributed by atoms with Gasteiger partial charge < -0.3 is 10.2 Å². The normalized spacial score (nSPS) is 16.6. The van der Waals surface area contributed by atoms with E-state index in [2.05, 4.69) is 39.6 Å². The lowest BCUT2D eigenvalue weighted by Gasteiger charge is -2.11. The molecular weight excluding hydrogens is 290 g/mol. The maximum absolute atomic E-state index is 4.70. The van der Waals surface area contributed by atoms with Crippen LogP contribution in [0.15, 0.2) is 5.38 Å². The number of aromatic nitrogens is 3. The molecule has 1 atom stereocenters. The van der Waals surface area contributed by atoms with Crippen molar-refractivity contribution in [3.63, 3.8) is 0 Å². The van der Waals surface area contributed by atoms with Gasteiger partial charge in [-0.3, -0.25) is 0 Å². The molecular formula is C13H19N5S2. The lowest BCUT2D eigenvalue weighted by molar-refractivity contribution is 0.760. The van der Waals surface area contributed by atoms with Crippen molar-refractivity contribution in [3.05, 3.63) is 5.38 Å². The first-order valence-corrected chi connectivity index (χ1v) is 8.76. The van der Waals surface area contributed by atoms with Gasteiger partial charge in [-0.1, -0.05) is 18.3 Å². The van der Waals surface area contributed by atoms with Gasteiger partial charge in [-0.2, -0.15) is 0 Å². The average molecular weight is 309 g/mol. The molecule has 0 radical (unpaired) electrons. The van der Waals surface area contributed by atoms with Crippen molar-refractivity contribution < 1.29 is 0 Å². The highest BCUT2D eigenvalue weighted by atomic mass is 32.1. The molecule has 0 amide bonds. The average Bonchev–Trinajstić information content (AvgIpc) is 3.18. The Kier molecular flexibility index (Phi) is 4.16. The topological polar surface area (TPSA) is 53.9 Å². The zero-order valence-electron chi connectivity index (χ0n) is 11.8. The summed E-state index contributed by atoms with van der Waals surface area (Å²) in [6, 6.07) is 0.423. The summed E-state index contributed by atoms with van der Waals surface area (Å²) >= 11 is 3.28. The predicted octanol–water partition coefficient (Wildman–Crippen LogP) is 3.47. The van der Waals surface area contributed by atoms with Gasteiger partial charge in [-0.05, 0) is 26.2 Å². The molecule has 0 aromatic carbocycles. The van der Waals surface area contributed by atoms with Crippen LogP contribution >= 0.6 is 22.7 Å². The van der Waals surface area contributed by atoms with Gasteiger partial charge in [0.2, 0.25) is 5.13 Å². The number of hydrogen-bond acceptors (Lipinski definition) is 7. The second kappa shape index (κ2) is 6.05. The van der Waals surface area contributed by atoms with E-state index in [1.165, 1.54) is 12.8 Å². The molecule has 3 rings (SSSR count). The first kappa shape index (κ1) is 13.8. The van der Waals surface area contributed by atoms with Gasteiger partial charge in [0.15, 0.2) is 10.1 Å². The minimum atomic E-state index is 0.423. The third-order valence-electron chi connectivity index (χ3n) is 3.50. The van der Waals surface area contributed by atoms with Crippen molar-refractivity contribution in [1.82, 2.24) is 15.2 Å². The first-order chi connectivity index (χ1) is 9.76. The van der Waals surface area contributed by atoms with Crippen molar-refractivity contribution in [2.45, 2.75) is 39.2 Å². The highest BCUT2D eigenvalue weighted by Crippen LogP contribution is 2.32. The van der Waals surface area contributed by atoms with Crippen molar-refractivity contribution in [2.75, 3.05) is 23.3 Å². The molecule has 1 aliphatic heterocycles. The summed E-state index contributed by atoms with van der Waals surface area (Å²) in [6.07, 6.45) is 3.62. The van der Waals surface area contributed by atoms with Gasteiger partial charge in [-0.25, -0.2) is 4.98 Å². The fraction of sp³-hybridized carbons (Fsp3) is 0.615. The van der Waals surface area contributed by atoms with Gasteiger partial charge in [0.1, 0.15) is 5.69 Å². The summed E-state index contributed by atoms with van der Waals surface area (Å²) < 4.78 is 0. The largest absolute Gasteiger partial charge is 0.358 e. The van der Waals surface area contributed by atoms with E-state index in [0.717, 1.165) is 40.5 Å². The monoisotopic (exact) mass is 309 g/mol. The maximum Gasteiger partial charge on any atom is 0.206 e. The van der Waals surface area contributed by atoms with Crippen molar-refractivity contribution in [1.29, 1.82) is 0 Å². The minimum Gasteiger partial charge on any atom is -0.358 e. The number of nitrogens with zero attached hydrogens (tertiary/aromatic N) is 4. The molecule has 3 heterocycles. The highest BCUT2D eigenvalue weighted by Gasteiger charge is 2.17. The molecule has 5 nitrogen and oxygen atoms in total. The van der Waals surface area contributed by atoms with Gasteiger partial charge in [0.25, 0.3) is 0 Å². The molecule has 20 heavy (non-hydrogen) atoms. The Labute approximate surface area is 127 Å². The molecule has 1 N–H and O–H groups in total. The molecule has 2 aromatic heterocycles. The van der Waals surface area contributed by atoms with Gasteiger partial charge in [0, 0.05) is 24.5 Å². The van der Waals surface area contributed by atoms with Crippen LogP contribution in [0.4, 0.5) is 10.3 Å². The molecule has 0 bridgehead atoms. The SMILES string of the molecule is CCC(C)Nc1nnc(-c2csc(N3CCCC3)n2)s1. The van der Waals surface area contributed by atoms with Crippen LogP contribution in [0.25, 0.3) is 10.7 Å². The highest BCUT2D eigenvalue weighted by molar-refractivity contribution is 7.19. The third kappa shape index (κ3) is 2.93. The number of rotatable bonds is 5. The summed E-state index contributed by atoms with van der Waals surface area (Å²) in [6.45, 7) is 6.56. The molecule has 0 spiro atoms. The van der Waals surface area contributed by atoms with Crippen LogP contribution in [0.5, 0.6) is 0 Å². The zero-order valence-corrected chi connectivity index (χ0v) is 13.4. The number of nitrogens with one attached hydrogen (secondary N) is 1. The first-order valence-electron chi connectivity index (χ1n) is 7.07. The second-order valence-electron chi connectivity index (χ2n) is 5.08. The number of hydrogen-bond donors (Lipinski definition) is 1. The van der Waals surface area contributed by atoms with Gasteiger partial charge in [-0.15, -0.1) is 21.5 Å². The Morgan fingerprint density at radius 3 is 2.90 bits per heavy atom. The van der Waals surface area contributed by atoms with Gasteiger partial charge in [0.05, 0.1) is 0 Å². The Morgan fingerprint density at radius 1 is 1.35 bits per heavy atom. The number of thiazole rings is 1. The lowest BCUT2D eigenvalue weighted by atomic mass is 10.3. The fourth-order valence-corrected chi connectivity index (χ4v) is 3.87. The van der Waals surface area contributed by atoms with E-state index in [4.69, 9.17) is 4.98 Å². The molecule has 0 aliphatic carbocycles. The van der Waals surface area contributed by atoms with E-state index < -0.39 is 0 Å². The quantitative estimate of drug-likeness (QED) is 0.916. The van der Waals surface area contributed by atoms with Crippen LogP contribution in [-0.4, -0.2) is 34.3 Å². The van der Waals surface area contributed by atoms with E-state index in [1.54, 1.807) is 22.7 Å². The molecule has 2 aromatic rings. The third-order valence-corrected chi connectivity index (χ3v) is 5.27. The van der Waals surface area contributed by atoms with Crippen LogP contribution in [0.1, 0.15) is 33.1 Å². The van der Waals surface area contributed by atoms with E-state index in [1.807, 2.05) is 0 Å². The minimum absolute atomic E-state index is 0.423. The summed E-state index contributed by atoms with van der Waals surface area (Å²) in [7, 11) is 0. The van der Waals surface area contributed by atoms with Crippen molar-refractivity contribution in [2.24, 2.45) is 0 Å². The molecule has 1 aliphatic rings. The van der Waals surface area contributed by atoms with E-state index in [0.29, 0.717) is 6.04 Å². The maximum atomic E-state index is 4.70. The molecule has 1 saturated heterocycles. The van der Waals surface area contributed by atoms with Crippen LogP contribution in [-0.2, 0) is 0 Å². The molecule has 1 fully saturated rings. The Hall–Kier alpha value is -1.21. The second-order valence-corrected chi connectivity index (χ2v) is 6.89. The van der Waals surface area contributed by atoms with Crippen LogP contribution in [0.2, 0.25) is 0 Å². The van der Waals surface area contributed by atoms with E-state index >= 15 is 0 Å². The summed E-state index contributed by atoms with van der Waals surface area (Å²) in [5, 5.41) is 16.8. The Morgan fingerprint density at radius 2 is 2.15 bits per heavy atom. The molecule has 1 unspecified atom stereocenters. The van der Waals surface area contributed by atoms with Crippen molar-refractivity contribution in [3.8, 4) is 10.7 Å². The van der Waals surface area contributed by atoms with Crippen LogP contribution < -0.4 is 10.2 Å². The zero-order chi connectivity index (χ0) is 13.9. The van der Waals surface area contributed by atoms with Gasteiger partial charge >= 0.3 is 0 Å². The lowest BCUT2D eigenvalue weighted by Crippen LogP contribution is -2.17. The van der Waals surface area contributed by atoms with E-state index in [-0.39, 0.29) is 0 Å². The van der Waals surface area contributed by atoms with Crippen molar-refractivity contribution >= 4 is 32.9 Å². The predicted molar refractivity (Wildman–Crippen MR) is 85.8 cm³/mol. The summed E-state index contributed by atoms with van der Waals surface area (Å²) in [5.74, 6) is 0. The van der Waals surface area contributed by atoms with E-state index in [9.17, 15) is 0 Å². The smallest absolute Gasteiger partial charge is 0.206 e. The molecule has 0 saturated carbocycles. The standard InChI is InChI=1S/C13H19N5S2/c1-3-9(2)14-12-17-16-11(20-12)10-8-19-13(15-10)18-6-4-5-7-18/h8-9H,3-7H2,1-2H3,(H,14,17). The molecule has 108 valence electrons. The molecule has 7 heteroatoms. The fourth-order valence-electron chi connectivity index (χ4n) is 2.11. The van der Waals surface area contributed by atoms with Crippen LogP contribution in [0.3, 0.4) is 0 Å². The number of anilines is 2. The Balaban J connectivity index is 1.72.